The molecule has 0 aliphatic heterocycles. The van der Waals surface area contributed by atoms with E-state index in [0.29, 0.717) is 35.5 Å². The second-order valence-corrected chi connectivity index (χ2v) is 8.30. The molecule has 0 aliphatic rings. The fourth-order valence-electron chi connectivity index (χ4n) is 4.09. The molecule has 6 heteroatoms. The molecular weight excluding hydrogens is 424 g/mol. The van der Waals surface area contributed by atoms with Crippen molar-refractivity contribution in [2.45, 2.75) is 33.9 Å². The highest BCUT2D eigenvalue weighted by Gasteiger charge is 2.17. The second kappa shape index (κ2) is 10.3. The van der Waals surface area contributed by atoms with Crippen LogP contribution in [0.15, 0.2) is 77.6 Å². The van der Waals surface area contributed by atoms with Gasteiger partial charge in [0.25, 0.3) is 11.5 Å². The SMILES string of the molecule is CCN(CC)c1nc2cc(C(=O)NCc3ccccc3C)ccc2c(=O)n1Cc1ccccc1. The van der Waals surface area contributed by atoms with Gasteiger partial charge in [-0.1, -0.05) is 54.6 Å². The van der Waals surface area contributed by atoms with Crippen LogP contribution in [0.2, 0.25) is 0 Å². The molecule has 0 saturated carbocycles. The number of nitrogens with zero attached hydrogens (tertiary/aromatic N) is 3. The number of amides is 1. The average Bonchev–Trinajstić information content (AvgIpc) is 2.86. The number of hydrogen-bond acceptors (Lipinski definition) is 4. The van der Waals surface area contributed by atoms with Gasteiger partial charge >= 0.3 is 0 Å². The summed E-state index contributed by atoms with van der Waals surface area (Å²) in [7, 11) is 0. The molecule has 0 radical (unpaired) electrons. The molecule has 0 bridgehead atoms. The Balaban J connectivity index is 1.70. The van der Waals surface area contributed by atoms with Gasteiger partial charge < -0.3 is 10.2 Å². The first-order chi connectivity index (χ1) is 16.5. The van der Waals surface area contributed by atoms with Gasteiger partial charge in [-0.15, -0.1) is 0 Å². The highest BCUT2D eigenvalue weighted by Crippen LogP contribution is 2.18. The highest BCUT2D eigenvalue weighted by molar-refractivity contribution is 5.97. The Morgan fingerprint density at radius 1 is 0.971 bits per heavy atom. The van der Waals surface area contributed by atoms with Crippen LogP contribution in [0, 0.1) is 6.92 Å². The van der Waals surface area contributed by atoms with Crippen molar-refractivity contribution in [1.29, 1.82) is 0 Å². The van der Waals surface area contributed by atoms with Gasteiger partial charge in [0.05, 0.1) is 17.4 Å². The first-order valence-corrected chi connectivity index (χ1v) is 11.7. The van der Waals surface area contributed by atoms with Gasteiger partial charge in [0.2, 0.25) is 5.95 Å². The van der Waals surface area contributed by atoms with E-state index in [2.05, 4.69) is 10.2 Å². The topological polar surface area (TPSA) is 67.2 Å². The summed E-state index contributed by atoms with van der Waals surface area (Å²) in [5, 5.41) is 3.48. The number of benzene rings is 3. The molecule has 1 aromatic heterocycles. The molecule has 3 aromatic carbocycles. The Morgan fingerprint density at radius 3 is 2.38 bits per heavy atom. The van der Waals surface area contributed by atoms with Crippen molar-refractivity contribution < 1.29 is 4.79 Å². The normalized spacial score (nSPS) is 10.9. The molecule has 1 N–H and O–H groups in total. The molecular formula is C28H30N4O2. The van der Waals surface area contributed by atoms with Crippen molar-refractivity contribution in [2.75, 3.05) is 18.0 Å². The molecule has 0 aliphatic carbocycles. The predicted molar refractivity (Wildman–Crippen MR) is 137 cm³/mol. The van der Waals surface area contributed by atoms with E-state index in [-0.39, 0.29) is 11.5 Å². The molecule has 1 amide bonds. The molecule has 6 nitrogen and oxygen atoms in total. The van der Waals surface area contributed by atoms with E-state index in [1.54, 1.807) is 22.8 Å². The summed E-state index contributed by atoms with van der Waals surface area (Å²) < 4.78 is 1.72. The summed E-state index contributed by atoms with van der Waals surface area (Å²) >= 11 is 0. The minimum atomic E-state index is -0.190. The molecule has 4 aromatic rings. The predicted octanol–water partition coefficient (Wildman–Crippen LogP) is 4.53. The summed E-state index contributed by atoms with van der Waals surface area (Å²) in [6.45, 7) is 8.44. The molecule has 174 valence electrons. The lowest BCUT2D eigenvalue weighted by Gasteiger charge is -2.24. The van der Waals surface area contributed by atoms with Crippen LogP contribution < -0.4 is 15.8 Å². The molecule has 0 atom stereocenters. The number of nitrogens with one attached hydrogen (secondary N) is 1. The van der Waals surface area contributed by atoms with Gasteiger partial charge in [-0.2, -0.15) is 0 Å². The van der Waals surface area contributed by atoms with Gasteiger partial charge in [-0.25, -0.2) is 4.98 Å². The smallest absolute Gasteiger partial charge is 0.263 e. The van der Waals surface area contributed by atoms with Gasteiger partial charge in [-0.3, -0.25) is 14.2 Å². The number of aryl methyl sites for hydroxylation is 1. The zero-order chi connectivity index (χ0) is 24.1. The summed E-state index contributed by atoms with van der Waals surface area (Å²) in [5.74, 6) is 0.425. The van der Waals surface area contributed by atoms with Gasteiger partial charge in [0.1, 0.15) is 0 Å². The molecule has 0 saturated heterocycles. The Bertz CT molecular complexity index is 1360. The number of fused-ring (bicyclic) bond motifs is 1. The van der Waals surface area contributed by atoms with Crippen LogP contribution in [0.3, 0.4) is 0 Å². The zero-order valence-electron chi connectivity index (χ0n) is 19.9. The number of anilines is 1. The number of carbonyl (C=O) groups excluding carboxylic acids is 1. The second-order valence-electron chi connectivity index (χ2n) is 8.30. The molecule has 0 spiro atoms. The number of carbonyl (C=O) groups is 1. The minimum absolute atomic E-state index is 0.109. The largest absolute Gasteiger partial charge is 0.348 e. The fourth-order valence-corrected chi connectivity index (χ4v) is 4.09. The van der Waals surface area contributed by atoms with E-state index in [1.807, 2.05) is 75.4 Å². The monoisotopic (exact) mass is 454 g/mol. The third kappa shape index (κ3) is 4.86. The summed E-state index contributed by atoms with van der Waals surface area (Å²) in [6.07, 6.45) is 0. The zero-order valence-corrected chi connectivity index (χ0v) is 19.9. The van der Waals surface area contributed by atoms with Crippen LogP contribution >= 0.6 is 0 Å². The summed E-state index contributed by atoms with van der Waals surface area (Å²) in [6, 6.07) is 23.0. The lowest BCUT2D eigenvalue weighted by molar-refractivity contribution is 0.0951. The van der Waals surface area contributed by atoms with E-state index < -0.39 is 0 Å². The maximum absolute atomic E-state index is 13.5. The van der Waals surface area contributed by atoms with E-state index >= 15 is 0 Å². The first-order valence-electron chi connectivity index (χ1n) is 11.7. The lowest BCUT2D eigenvalue weighted by Crippen LogP contribution is -2.33. The van der Waals surface area contributed by atoms with Crippen molar-refractivity contribution in [1.82, 2.24) is 14.9 Å². The van der Waals surface area contributed by atoms with E-state index in [0.717, 1.165) is 29.8 Å². The van der Waals surface area contributed by atoms with Gasteiger partial charge in [-0.05, 0) is 55.7 Å². The maximum atomic E-state index is 13.5. The van der Waals surface area contributed by atoms with Crippen LogP contribution in [0.5, 0.6) is 0 Å². The van der Waals surface area contributed by atoms with E-state index in [1.165, 1.54) is 0 Å². The lowest BCUT2D eigenvalue weighted by atomic mass is 10.1. The third-order valence-electron chi connectivity index (χ3n) is 6.13. The Morgan fingerprint density at radius 2 is 1.68 bits per heavy atom. The van der Waals surface area contributed by atoms with E-state index in [4.69, 9.17) is 4.98 Å². The van der Waals surface area contributed by atoms with Crippen LogP contribution in [-0.4, -0.2) is 28.5 Å². The maximum Gasteiger partial charge on any atom is 0.263 e. The molecule has 1 heterocycles. The Labute approximate surface area is 199 Å². The number of aromatic nitrogens is 2. The van der Waals surface area contributed by atoms with Crippen LogP contribution in [-0.2, 0) is 13.1 Å². The Hall–Kier alpha value is -3.93. The van der Waals surface area contributed by atoms with Crippen molar-refractivity contribution >= 4 is 22.8 Å². The Kier molecular flexibility index (Phi) is 7.07. The van der Waals surface area contributed by atoms with Crippen molar-refractivity contribution in [3.63, 3.8) is 0 Å². The third-order valence-corrected chi connectivity index (χ3v) is 6.13. The van der Waals surface area contributed by atoms with Crippen LogP contribution in [0.4, 0.5) is 5.95 Å². The van der Waals surface area contributed by atoms with Crippen LogP contribution in [0.1, 0.15) is 40.9 Å². The summed E-state index contributed by atoms with van der Waals surface area (Å²) in [4.78, 5) is 33.3. The number of hydrogen-bond donors (Lipinski definition) is 1. The van der Waals surface area contributed by atoms with Crippen molar-refractivity contribution in [2.24, 2.45) is 0 Å². The minimum Gasteiger partial charge on any atom is -0.348 e. The molecule has 34 heavy (non-hydrogen) atoms. The molecule has 0 unspecified atom stereocenters. The van der Waals surface area contributed by atoms with Gasteiger partial charge in [0, 0.05) is 25.2 Å². The average molecular weight is 455 g/mol. The van der Waals surface area contributed by atoms with Crippen molar-refractivity contribution in [3.05, 3.63) is 105 Å². The molecule has 4 rings (SSSR count). The van der Waals surface area contributed by atoms with E-state index in [9.17, 15) is 9.59 Å². The van der Waals surface area contributed by atoms with Gasteiger partial charge in [0.15, 0.2) is 0 Å². The quantitative estimate of drug-likeness (QED) is 0.425. The highest BCUT2D eigenvalue weighted by atomic mass is 16.1. The van der Waals surface area contributed by atoms with Crippen molar-refractivity contribution in [3.8, 4) is 0 Å². The molecule has 0 fully saturated rings. The van der Waals surface area contributed by atoms with Crippen LogP contribution in [0.25, 0.3) is 10.9 Å². The summed E-state index contributed by atoms with van der Waals surface area (Å²) in [5.41, 5.74) is 4.14. The first kappa shape index (κ1) is 23.2. The fraction of sp³-hybridized carbons (Fsp3) is 0.250. The number of rotatable bonds is 8. The standard InChI is InChI=1S/C28H30N4O2/c1-4-31(5-2)28-30-25-17-22(26(33)29-18-23-14-10-9-11-20(23)3)15-16-24(25)27(34)32(28)19-21-12-7-6-8-13-21/h6-17H,4-5,18-19H2,1-3H3,(H,29,33).